The van der Waals surface area contributed by atoms with Crippen molar-refractivity contribution in [1.29, 1.82) is 0 Å². The Balaban J connectivity index is 1.41. The van der Waals surface area contributed by atoms with Crippen LogP contribution in [0.2, 0.25) is 0 Å². The van der Waals surface area contributed by atoms with Gasteiger partial charge >= 0.3 is 0 Å². The van der Waals surface area contributed by atoms with Gasteiger partial charge in [-0.1, -0.05) is 97.1 Å². The van der Waals surface area contributed by atoms with Crippen molar-refractivity contribution in [3.63, 3.8) is 0 Å². The smallest absolute Gasteiger partial charge is 0.160 e. The second-order valence-electron chi connectivity index (χ2n) is 10.2. The van der Waals surface area contributed by atoms with Crippen LogP contribution in [0, 0.1) is 0 Å². The zero-order valence-corrected chi connectivity index (χ0v) is 20.8. The minimum absolute atomic E-state index is 0.691. The molecule has 1 aliphatic carbocycles. The van der Waals surface area contributed by atoms with Crippen LogP contribution in [0.15, 0.2) is 126 Å². The number of nitrogens with zero attached hydrogens (tertiary/aromatic N) is 2. The largest absolute Gasteiger partial charge is 0.456 e. The maximum atomic E-state index is 6.53. The summed E-state index contributed by atoms with van der Waals surface area (Å²) in [4.78, 5) is 10.2. The van der Waals surface area contributed by atoms with Crippen molar-refractivity contribution in [1.82, 2.24) is 9.97 Å². The van der Waals surface area contributed by atoms with E-state index in [9.17, 15) is 0 Å². The fourth-order valence-corrected chi connectivity index (χ4v) is 6.32. The predicted octanol–water partition coefficient (Wildman–Crippen LogP) is 9.66. The zero-order chi connectivity index (χ0) is 25.5. The summed E-state index contributed by atoms with van der Waals surface area (Å²) in [5.41, 5.74) is 10.4. The SMILES string of the molecule is c1ccc(-c2nc(-c3cc4c5c(c3)oc3cccc(c35)-c3cccc5cccc-4c35)nc3ccccc23)cc1. The van der Waals surface area contributed by atoms with Gasteiger partial charge in [-0.15, -0.1) is 0 Å². The van der Waals surface area contributed by atoms with Crippen molar-refractivity contribution in [2.75, 3.05) is 0 Å². The monoisotopic (exact) mass is 496 g/mol. The molecular weight excluding hydrogens is 476 g/mol. The van der Waals surface area contributed by atoms with E-state index < -0.39 is 0 Å². The van der Waals surface area contributed by atoms with E-state index in [0.717, 1.165) is 49.8 Å². The minimum atomic E-state index is 0.691. The van der Waals surface area contributed by atoms with Crippen molar-refractivity contribution in [2.45, 2.75) is 0 Å². The number of hydrogen-bond donors (Lipinski definition) is 0. The van der Waals surface area contributed by atoms with Gasteiger partial charge in [-0.25, -0.2) is 9.97 Å². The molecule has 0 N–H and O–H groups in total. The summed E-state index contributed by atoms with van der Waals surface area (Å²) in [6, 6.07) is 42.4. The first kappa shape index (κ1) is 20.7. The van der Waals surface area contributed by atoms with Crippen LogP contribution in [-0.4, -0.2) is 9.97 Å². The lowest BCUT2D eigenvalue weighted by atomic mass is 9.93. The number of benzene rings is 6. The number of furan rings is 1. The van der Waals surface area contributed by atoms with E-state index in [2.05, 4.69) is 103 Å². The fourth-order valence-electron chi connectivity index (χ4n) is 6.32. The summed E-state index contributed by atoms with van der Waals surface area (Å²) in [5, 5.41) is 5.86. The van der Waals surface area contributed by atoms with Gasteiger partial charge < -0.3 is 4.42 Å². The van der Waals surface area contributed by atoms with Gasteiger partial charge in [0.05, 0.1) is 11.2 Å². The summed E-state index contributed by atoms with van der Waals surface area (Å²) in [6.45, 7) is 0. The quantitative estimate of drug-likeness (QED) is 0.239. The number of fused-ring (bicyclic) bond motifs is 3. The van der Waals surface area contributed by atoms with Crippen molar-refractivity contribution >= 4 is 43.6 Å². The molecule has 1 aliphatic rings. The van der Waals surface area contributed by atoms with Crippen LogP contribution in [0.4, 0.5) is 0 Å². The molecule has 3 nitrogen and oxygen atoms in total. The minimum Gasteiger partial charge on any atom is -0.456 e. The Morgan fingerprint density at radius 3 is 2.00 bits per heavy atom. The van der Waals surface area contributed by atoms with E-state index in [4.69, 9.17) is 14.4 Å². The average molecular weight is 497 g/mol. The van der Waals surface area contributed by atoms with Gasteiger partial charge in [0.15, 0.2) is 5.82 Å². The third-order valence-corrected chi connectivity index (χ3v) is 7.99. The molecule has 3 heteroatoms. The molecule has 0 saturated heterocycles. The molecule has 6 aromatic carbocycles. The van der Waals surface area contributed by atoms with Gasteiger partial charge in [0.1, 0.15) is 11.2 Å². The van der Waals surface area contributed by atoms with Crippen LogP contribution in [0.5, 0.6) is 0 Å². The normalized spacial score (nSPS) is 12.1. The Hall–Kier alpha value is -5.28. The van der Waals surface area contributed by atoms with Crippen molar-refractivity contribution < 1.29 is 4.42 Å². The first-order valence-corrected chi connectivity index (χ1v) is 13.2. The summed E-state index contributed by atoms with van der Waals surface area (Å²) >= 11 is 0. The van der Waals surface area contributed by atoms with Crippen LogP contribution >= 0.6 is 0 Å². The molecule has 2 aromatic heterocycles. The highest BCUT2D eigenvalue weighted by molar-refractivity contribution is 6.25. The Bertz CT molecular complexity index is 2270. The molecular formula is C36H20N2O. The van der Waals surface area contributed by atoms with Crippen molar-refractivity contribution in [3.8, 4) is 44.9 Å². The number of rotatable bonds is 2. The predicted molar refractivity (Wildman–Crippen MR) is 160 cm³/mol. The van der Waals surface area contributed by atoms with Crippen molar-refractivity contribution in [3.05, 3.63) is 121 Å². The highest BCUT2D eigenvalue weighted by atomic mass is 16.3. The maximum Gasteiger partial charge on any atom is 0.160 e. The zero-order valence-electron chi connectivity index (χ0n) is 20.8. The third-order valence-electron chi connectivity index (χ3n) is 7.99. The van der Waals surface area contributed by atoms with Crippen LogP contribution in [0.3, 0.4) is 0 Å². The molecule has 0 amide bonds. The molecule has 0 saturated carbocycles. The van der Waals surface area contributed by atoms with Gasteiger partial charge in [0, 0.05) is 27.3 Å². The molecule has 0 atom stereocenters. The summed E-state index contributed by atoms with van der Waals surface area (Å²) in [7, 11) is 0. The topological polar surface area (TPSA) is 38.9 Å². The lowest BCUT2D eigenvalue weighted by Gasteiger charge is -2.13. The van der Waals surface area contributed by atoms with Crippen LogP contribution in [0.25, 0.3) is 88.5 Å². The Morgan fingerprint density at radius 2 is 1.15 bits per heavy atom. The number of para-hydroxylation sites is 1. The summed E-state index contributed by atoms with van der Waals surface area (Å²) in [6.07, 6.45) is 0. The molecule has 39 heavy (non-hydrogen) atoms. The second kappa shape index (κ2) is 7.62. The maximum absolute atomic E-state index is 6.53. The van der Waals surface area contributed by atoms with Gasteiger partial charge in [-0.2, -0.15) is 0 Å². The first-order valence-electron chi connectivity index (χ1n) is 13.2. The summed E-state index contributed by atoms with van der Waals surface area (Å²) < 4.78 is 6.53. The van der Waals surface area contributed by atoms with E-state index in [1.54, 1.807) is 0 Å². The van der Waals surface area contributed by atoms with E-state index >= 15 is 0 Å². The Labute approximate surface area is 224 Å². The van der Waals surface area contributed by atoms with E-state index in [0.29, 0.717) is 5.82 Å². The standard InChI is InChI=1S/C36H20N2O/c1-2-9-22(10-3-1)35-27-13-4-5-17-29(27)37-36(38-35)23-19-28-26-15-7-12-21-11-6-14-24(32(21)26)25-16-8-18-30-33(25)34(28)31(20-23)39-30/h1-20H. The van der Waals surface area contributed by atoms with Crippen LogP contribution in [0.1, 0.15) is 0 Å². The van der Waals surface area contributed by atoms with Gasteiger partial charge in [-0.3, -0.25) is 0 Å². The van der Waals surface area contributed by atoms with Crippen molar-refractivity contribution in [2.24, 2.45) is 0 Å². The Kier molecular flexibility index (Phi) is 4.05. The molecule has 0 bridgehead atoms. The molecule has 0 aliphatic heterocycles. The van der Waals surface area contributed by atoms with E-state index in [1.807, 2.05) is 18.2 Å². The molecule has 0 spiro atoms. The number of aromatic nitrogens is 2. The highest BCUT2D eigenvalue weighted by Gasteiger charge is 2.24. The molecule has 0 radical (unpaired) electrons. The van der Waals surface area contributed by atoms with Crippen LogP contribution in [-0.2, 0) is 0 Å². The molecule has 180 valence electrons. The highest BCUT2D eigenvalue weighted by Crippen LogP contribution is 2.49. The lowest BCUT2D eigenvalue weighted by Crippen LogP contribution is -1.95. The molecule has 9 rings (SSSR count). The van der Waals surface area contributed by atoms with E-state index in [-0.39, 0.29) is 0 Å². The molecule has 8 aromatic rings. The third kappa shape index (κ3) is 2.87. The van der Waals surface area contributed by atoms with Gasteiger partial charge in [-0.05, 0) is 57.3 Å². The van der Waals surface area contributed by atoms with E-state index in [1.165, 1.54) is 32.8 Å². The second-order valence-corrected chi connectivity index (χ2v) is 10.2. The average Bonchev–Trinajstić information content (AvgIpc) is 3.33. The van der Waals surface area contributed by atoms with Gasteiger partial charge in [0.2, 0.25) is 0 Å². The lowest BCUT2D eigenvalue weighted by molar-refractivity contribution is 0.669. The molecule has 2 heterocycles. The van der Waals surface area contributed by atoms with Gasteiger partial charge in [0.25, 0.3) is 0 Å². The molecule has 0 fully saturated rings. The first-order chi connectivity index (χ1) is 19.3. The fraction of sp³-hybridized carbons (Fsp3) is 0. The molecule has 0 unspecified atom stereocenters. The van der Waals surface area contributed by atoms with Crippen LogP contribution < -0.4 is 0 Å². The number of hydrogen-bond acceptors (Lipinski definition) is 3. The Morgan fingerprint density at radius 1 is 0.462 bits per heavy atom. The summed E-state index contributed by atoms with van der Waals surface area (Å²) in [5.74, 6) is 0.691.